The van der Waals surface area contributed by atoms with Crippen LogP contribution < -0.4 is 72.8 Å². The van der Waals surface area contributed by atoms with Gasteiger partial charge in [0, 0.05) is 110 Å². The van der Waals surface area contributed by atoms with Crippen LogP contribution in [0.2, 0.25) is 0 Å². The lowest BCUT2D eigenvalue weighted by molar-refractivity contribution is -0.145. The molecule has 0 saturated carbocycles. The Morgan fingerprint density at radius 1 is 0.393 bits per heavy atom. The molecule has 6 amide bonds. The van der Waals surface area contributed by atoms with Crippen molar-refractivity contribution in [2.75, 3.05) is 145 Å². The van der Waals surface area contributed by atoms with Gasteiger partial charge in [0.25, 0.3) is 30.4 Å². The molecule has 0 bridgehead atoms. The molecule has 6 atom stereocenters. The van der Waals surface area contributed by atoms with Crippen molar-refractivity contribution in [3.63, 3.8) is 0 Å². The summed E-state index contributed by atoms with van der Waals surface area (Å²) in [4.78, 5) is 116. The maximum absolute atomic E-state index is 13.8. The second-order valence-electron chi connectivity index (χ2n) is 37.2. The average Bonchev–Trinajstić information content (AvgIpc) is 0.778. The van der Waals surface area contributed by atoms with Gasteiger partial charge in [0.2, 0.25) is 47.0 Å². The van der Waals surface area contributed by atoms with Crippen molar-refractivity contribution in [2.45, 2.75) is 197 Å². The van der Waals surface area contributed by atoms with E-state index in [1.807, 2.05) is 10.2 Å². The van der Waals surface area contributed by atoms with Crippen molar-refractivity contribution in [2.24, 2.45) is 35.1 Å². The van der Waals surface area contributed by atoms with Crippen LogP contribution in [-0.4, -0.2) is 267 Å². The van der Waals surface area contributed by atoms with Gasteiger partial charge in [-0.05, 0) is 194 Å². The van der Waals surface area contributed by atoms with Gasteiger partial charge in [0.15, 0.2) is 0 Å². The highest BCUT2D eigenvalue weighted by Gasteiger charge is 2.46. The molecule has 3 aromatic carbocycles. The molecule has 38 nitrogen and oxygen atoms in total. The number of carbonyl (C=O) groups excluding carboxylic acids is 6. The average molecular weight is 2240 g/mol. The first-order chi connectivity index (χ1) is 69.2. The highest BCUT2D eigenvalue weighted by Crippen LogP contribution is 2.41. The summed E-state index contributed by atoms with van der Waals surface area (Å²) < 4.78 is 334. The number of carboxylic acid groups (broad SMARTS) is 1. The number of rotatable bonds is 36. The number of ether oxygens (including phenoxy) is 1. The molecule has 150 heavy (non-hydrogen) atoms. The molecule has 14 N–H and O–H groups in total. The van der Waals surface area contributed by atoms with E-state index in [0.717, 1.165) is 55.7 Å². The Hall–Kier alpha value is -11.5. The minimum atomic E-state index is -4.85. The largest absolute Gasteiger partial charge is 0.480 e. The number of carbonyl (C=O) groups is 7. The quantitative estimate of drug-likeness (QED) is 0.0128. The summed E-state index contributed by atoms with van der Waals surface area (Å²) in [6.07, 6.45) is -20.9. The van der Waals surface area contributed by atoms with Crippen molar-refractivity contribution in [3.05, 3.63) is 142 Å². The van der Waals surface area contributed by atoms with Crippen LogP contribution in [0.1, 0.15) is 156 Å². The summed E-state index contributed by atoms with van der Waals surface area (Å²) in [6.45, 7) is 11.1. The predicted octanol–water partition coefficient (Wildman–Crippen LogP) is 10.4. The van der Waals surface area contributed by atoms with Crippen LogP contribution in [0.3, 0.4) is 0 Å². The first kappa shape index (κ1) is 124. The second-order valence-corrected chi connectivity index (χ2v) is 41.7. The zero-order valence-electron chi connectivity index (χ0n) is 81.2. The van der Waals surface area contributed by atoms with Gasteiger partial charge in [0.05, 0.1) is 34.1 Å². The summed E-state index contributed by atoms with van der Waals surface area (Å²) in [6, 6.07) is 12.7. The van der Waals surface area contributed by atoms with E-state index in [9.17, 15) is 138 Å². The molecule has 6 aliphatic rings. The number of nitrogens with one attached hydrogen (secondary N) is 6. The molecular weight excluding hydrogens is 2120 g/mol. The number of alkyl halides is 18. The Morgan fingerprint density at radius 3 is 0.920 bits per heavy atom. The first-order valence-corrected chi connectivity index (χ1v) is 51.8. The molecule has 6 saturated heterocycles. The summed E-state index contributed by atoms with van der Waals surface area (Å²) in [5, 5.41) is 23.8. The minimum Gasteiger partial charge on any atom is -0.480 e. The molecule has 60 heteroatoms. The predicted molar refractivity (Wildman–Crippen MR) is 511 cm³/mol. The van der Waals surface area contributed by atoms with E-state index < -0.39 is 196 Å². The first-order valence-electron chi connectivity index (χ1n) is 47.0. The SMILES string of the molecule is CC(C)(C)OC(=O)N[C@@H](CS(=O)(=O)O)C(=O)O.C[C@@H](CS(=O)(=O)O)C(=O)NCCC1CCN(c2cc(N3CC[C@H]3C(=O)NCCc3ccc(C(F)(F)F)cc3)nc(C(F)(F)F)n2)CC1.Cl.NCCC1CCN(c2cc(N3CC[C@H]3C(=O)NCCc3ccc(C(F)(F)F)cc3)nc(C(F)(F)F)n2)CC1.N[C@@H](CS(=O)(=O)O)C(=O)NCCC1CCN(c2cc(N3CC[C@H]3C(=O)NCCc3ccc(C(F)(F)F)cc3)nc(C(F)(F)F)n2)CC1. The van der Waals surface area contributed by atoms with Crippen LogP contribution in [0.15, 0.2) is 91.0 Å². The van der Waals surface area contributed by atoms with Crippen molar-refractivity contribution >= 4 is 119 Å². The van der Waals surface area contributed by atoms with Crippen LogP contribution in [0.5, 0.6) is 0 Å². The number of hydrogen-bond acceptors (Lipinski definition) is 28. The topological polar surface area (TPSA) is 533 Å². The van der Waals surface area contributed by atoms with E-state index in [1.54, 1.807) is 30.6 Å². The molecule has 0 radical (unpaired) electrons. The van der Waals surface area contributed by atoms with Crippen LogP contribution in [0.25, 0.3) is 0 Å². The number of benzene rings is 3. The van der Waals surface area contributed by atoms with Crippen LogP contribution in [-0.2, 0) is 120 Å². The van der Waals surface area contributed by atoms with Crippen molar-refractivity contribution in [1.29, 1.82) is 0 Å². The molecule has 0 spiro atoms. The van der Waals surface area contributed by atoms with Crippen molar-refractivity contribution in [1.82, 2.24) is 61.8 Å². The lowest BCUT2D eigenvalue weighted by atomic mass is 9.93. The zero-order chi connectivity index (χ0) is 110. The Balaban J connectivity index is 0.000000254. The number of amides is 6. The van der Waals surface area contributed by atoms with E-state index in [-0.39, 0.29) is 117 Å². The smallest absolute Gasteiger partial charge is 0.451 e. The van der Waals surface area contributed by atoms with Gasteiger partial charge in [-0.15, -0.1) is 12.4 Å². The normalized spacial score (nSPS) is 17.9. The summed E-state index contributed by atoms with van der Waals surface area (Å²) in [5.41, 5.74) is 9.72. The molecule has 9 heterocycles. The van der Waals surface area contributed by atoms with Gasteiger partial charge in [0.1, 0.15) is 76.5 Å². The van der Waals surface area contributed by atoms with Crippen LogP contribution >= 0.6 is 12.4 Å². The molecule has 0 unspecified atom stereocenters. The number of anilines is 6. The number of hydrogen-bond donors (Lipinski definition) is 12. The third-order valence-corrected chi connectivity index (χ3v) is 27.2. The van der Waals surface area contributed by atoms with Crippen LogP contribution in [0, 0.1) is 23.7 Å². The second kappa shape index (κ2) is 52.7. The molecule has 6 fully saturated rings. The maximum Gasteiger partial charge on any atom is 0.451 e. The molecular formula is C90H117ClF18N20O18S3. The fraction of sp³-hybridized carbons (Fsp3) is 0.589. The maximum atomic E-state index is 13.8. The number of halogens is 19. The third kappa shape index (κ3) is 39.3. The molecule has 3 aromatic heterocycles. The Kier molecular flexibility index (Phi) is 43.4. The van der Waals surface area contributed by atoms with Gasteiger partial charge in [-0.2, -0.15) is 104 Å². The fourth-order valence-corrected chi connectivity index (χ4v) is 18.6. The van der Waals surface area contributed by atoms with E-state index in [0.29, 0.717) is 146 Å². The Morgan fingerprint density at radius 2 is 0.673 bits per heavy atom. The molecule has 0 aliphatic carbocycles. The number of alkyl carbamates (subject to hydrolysis) is 1. The standard InChI is InChI=1S/C29H36F6N6O5S.C28H35F6N7O5S.C25H30F6N6O.C8H15NO7S.ClH/c1-18(17-47(44,45)46)25(42)36-11-7-20-8-13-40(14-9-20)23-16-24(39-27(38-23)29(33,34)35)41-15-10-22(41)26(43)37-12-6-19-2-4-21(5-3-19)28(30,31)32;29-27(30,31)19-3-1-17(2-4-19)5-11-37-25(43)21-9-14-41(21)23-15-22(38-26(39-23)28(32,33)34)40-12-7-18(8-13-40)6-10-36-24(42)20(35)16-47(44,45)46;26-24(27,28)18-3-1-16(2-4-18)6-11-33-22(38)19-9-14-37(19)21-15-20(34-23(35-21)25(29,30)31)36-12-7-17(5-10-32)8-13-36;1-8(2,3)16-7(12)9-5(6(10)11)4-17(13,14)15;/h2-5,16,18,20,22H,6-15,17H2,1H3,(H,36,42)(H,37,43)(H,44,45,46);1-4,15,18,20-21H,5-14,16,35H2,(H,36,42)(H,37,43)(H,44,45,46);1-4,15,17,19H,5-14,32H2,(H,33,38);5H,4H2,1-3H3,(H,9,12)(H,10,11)(H,13,14,15);1H/t18-,22-;20-,21-;19-;5-;/m0000./s1. The Labute approximate surface area is 857 Å². The number of aromatic nitrogens is 6. The molecule has 12 rings (SSSR count). The van der Waals surface area contributed by atoms with Gasteiger partial charge in [-0.3, -0.25) is 37.6 Å². The van der Waals surface area contributed by atoms with E-state index in [1.165, 1.54) is 76.2 Å². The molecule has 6 aromatic rings. The van der Waals surface area contributed by atoms with Crippen molar-refractivity contribution < 1.29 is 161 Å². The molecule has 836 valence electrons. The summed E-state index contributed by atoms with van der Waals surface area (Å²) in [5.74, 6) is -10.7. The monoisotopic (exact) mass is 2240 g/mol. The zero-order valence-corrected chi connectivity index (χ0v) is 84.4. The lowest BCUT2D eigenvalue weighted by Crippen LogP contribution is -2.57. The van der Waals surface area contributed by atoms with Gasteiger partial charge < -0.3 is 82.6 Å². The number of aliphatic carboxylic acids is 1. The van der Waals surface area contributed by atoms with E-state index in [4.69, 9.17) is 35.0 Å². The van der Waals surface area contributed by atoms with Gasteiger partial charge in [-0.1, -0.05) is 43.3 Å². The number of nitrogens with zero attached hydrogens (tertiary/aromatic N) is 12. The van der Waals surface area contributed by atoms with Crippen molar-refractivity contribution in [3.8, 4) is 0 Å². The number of piperidine rings is 3. The molecule has 6 aliphatic heterocycles. The van der Waals surface area contributed by atoms with E-state index >= 15 is 0 Å². The number of carboxylic acids is 1. The van der Waals surface area contributed by atoms with Crippen LogP contribution in [0.4, 0.5) is 119 Å². The summed E-state index contributed by atoms with van der Waals surface area (Å²) in [7, 11) is -13.2. The Bertz CT molecular complexity index is 5670. The number of nitrogens with two attached hydrogens (primary N) is 2. The van der Waals surface area contributed by atoms with Gasteiger partial charge >= 0.3 is 49.1 Å². The minimum absolute atomic E-state index is 0. The van der Waals surface area contributed by atoms with E-state index in [2.05, 4.69) is 56.5 Å². The fourth-order valence-electron chi connectivity index (χ4n) is 16.5. The highest BCUT2D eigenvalue weighted by atomic mass is 35.5. The third-order valence-electron chi connectivity index (χ3n) is 24.8. The van der Waals surface area contributed by atoms with Gasteiger partial charge in [-0.25, -0.2) is 39.5 Å². The summed E-state index contributed by atoms with van der Waals surface area (Å²) >= 11 is 0. The lowest BCUT2D eigenvalue weighted by Gasteiger charge is -2.41. The highest BCUT2D eigenvalue weighted by molar-refractivity contribution is 7.86.